The van der Waals surface area contributed by atoms with Gasteiger partial charge in [-0.15, -0.1) is 0 Å². The van der Waals surface area contributed by atoms with Gasteiger partial charge in [0.25, 0.3) is 11.8 Å². The van der Waals surface area contributed by atoms with Gasteiger partial charge >= 0.3 is 0 Å². The van der Waals surface area contributed by atoms with Crippen molar-refractivity contribution >= 4 is 23.6 Å². The summed E-state index contributed by atoms with van der Waals surface area (Å²) in [4.78, 5) is 62.6. The van der Waals surface area contributed by atoms with Crippen molar-refractivity contribution in [1.29, 1.82) is 0 Å². The Kier molecular flexibility index (Phi) is 7.00. The zero-order chi connectivity index (χ0) is 24.1. The van der Waals surface area contributed by atoms with Gasteiger partial charge < -0.3 is 25.2 Å². The lowest BCUT2D eigenvalue weighted by molar-refractivity contribution is -0.133. The maximum absolute atomic E-state index is 13.3. The van der Waals surface area contributed by atoms with Gasteiger partial charge in [0.15, 0.2) is 0 Å². The molecule has 34 heavy (non-hydrogen) atoms. The first kappa shape index (κ1) is 23.1. The van der Waals surface area contributed by atoms with Crippen LogP contribution in [0, 0.1) is 0 Å². The summed E-state index contributed by atoms with van der Waals surface area (Å²) in [5.41, 5.74) is 0.547. The second-order valence-corrected chi connectivity index (χ2v) is 8.08. The van der Waals surface area contributed by atoms with E-state index in [1.807, 2.05) is 0 Å². The van der Waals surface area contributed by atoms with E-state index >= 15 is 0 Å². The van der Waals surface area contributed by atoms with Crippen molar-refractivity contribution < 1.29 is 23.9 Å². The summed E-state index contributed by atoms with van der Waals surface area (Å²) >= 11 is 0. The minimum atomic E-state index is -0.986. The number of hydrogen-bond donors (Lipinski definition) is 2. The third-order valence-electron chi connectivity index (χ3n) is 5.95. The SMILES string of the molecule is COc1ccc(C(=O)N2CCN(C(=O)c3cnccn3)[C@H](C(=O)N[C@@H]3CCCNC3=O)C2)cc1. The topological polar surface area (TPSA) is 134 Å². The highest BCUT2D eigenvalue weighted by molar-refractivity contribution is 5.99. The predicted molar refractivity (Wildman–Crippen MR) is 120 cm³/mol. The highest BCUT2D eigenvalue weighted by atomic mass is 16.5. The van der Waals surface area contributed by atoms with Gasteiger partial charge in [-0.2, -0.15) is 0 Å². The van der Waals surface area contributed by atoms with Gasteiger partial charge in [0, 0.05) is 37.6 Å². The molecule has 11 heteroatoms. The Morgan fingerprint density at radius 2 is 1.91 bits per heavy atom. The van der Waals surface area contributed by atoms with Gasteiger partial charge in [0.05, 0.1) is 19.9 Å². The normalized spacial score (nSPS) is 20.3. The van der Waals surface area contributed by atoms with Crippen LogP contribution < -0.4 is 15.4 Å². The molecule has 0 aliphatic carbocycles. The molecule has 3 heterocycles. The number of hydrogen-bond acceptors (Lipinski definition) is 7. The highest BCUT2D eigenvalue weighted by Crippen LogP contribution is 2.19. The molecule has 0 spiro atoms. The van der Waals surface area contributed by atoms with Gasteiger partial charge in [-0.05, 0) is 37.1 Å². The lowest BCUT2D eigenvalue weighted by Gasteiger charge is -2.41. The van der Waals surface area contributed by atoms with E-state index < -0.39 is 23.9 Å². The standard InChI is InChI=1S/C23H26N6O5/c1-34-16-6-4-15(5-7-16)22(32)28-11-12-29(23(33)18-13-24-9-10-25-18)19(14-28)21(31)27-17-3-2-8-26-20(17)30/h4-7,9-10,13,17,19H,2-3,8,11-12,14H2,1H3,(H,26,30)(H,27,31)/t17-,19+/m1/s1. The first-order valence-corrected chi connectivity index (χ1v) is 11.1. The number of ether oxygens (including phenoxy) is 1. The summed E-state index contributed by atoms with van der Waals surface area (Å²) in [6.45, 7) is 0.921. The van der Waals surface area contributed by atoms with Crippen LogP contribution in [0.2, 0.25) is 0 Å². The molecule has 2 aliphatic rings. The van der Waals surface area contributed by atoms with E-state index in [0.29, 0.717) is 24.3 Å². The van der Waals surface area contributed by atoms with Crippen LogP contribution in [-0.2, 0) is 9.59 Å². The van der Waals surface area contributed by atoms with E-state index in [-0.39, 0.29) is 37.1 Å². The lowest BCUT2D eigenvalue weighted by atomic mass is 10.0. The van der Waals surface area contributed by atoms with E-state index in [0.717, 1.165) is 6.42 Å². The van der Waals surface area contributed by atoms with Crippen LogP contribution >= 0.6 is 0 Å². The summed E-state index contributed by atoms with van der Waals surface area (Å²) < 4.78 is 5.14. The molecule has 178 valence electrons. The van der Waals surface area contributed by atoms with Crippen LogP contribution in [0.1, 0.15) is 33.7 Å². The monoisotopic (exact) mass is 466 g/mol. The van der Waals surface area contributed by atoms with Crippen molar-refractivity contribution in [3.8, 4) is 5.75 Å². The quantitative estimate of drug-likeness (QED) is 0.626. The molecular weight excluding hydrogens is 440 g/mol. The second-order valence-electron chi connectivity index (χ2n) is 8.08. The molecule has 2 saturated heterocycles. The molecule has 4 rings (SSSR count). The first-order valence-electron chi connectivity index (χ1n) is 11.1. The Balaban J connectivity index is 1.55. The van der Waals surface area contributed by atoms with E-state index in [1.54, 1.807) is 31.4 Å². The number of rotatable bonds is 5. The van der Waals surface area contributed by atoms with Crippen LogP contribution in [0.15, 0.2) is 42.9 Å². The summed E-state index contributed by atoms with van der Waals surface area (Å²) in [5.74, 6) is -0.848. The average molecular weight is 466 g/mol. The molecule has 0 bridgehead atoms. The lowest BCUT2D eigenvalue weighted by Crippen LogP contribution is -2.63. The molecule has 11 nitrogen and oxygen atoms in total. The number of nitrogens with one attached hydrogen (secondary N) is 2. The summed E-state index contributed by atoms with van der Waals surface area (Å²) in [6.07, 6.45) is 5.44. The number of aromatic nitrogens is 2. The van der Waals surface area contributed by atoms with Crippen LogP contribution in [0.5, 0.6) is 5.75 Å². The van der Waals surface area contributed by atoms with Crippen molar-refractivity contribution in [2.75, 3.05) is 33.3 Å². The van der Waals surface area contributed by atoms with Crippen LogP contribution in [-0.4, -0.2) is 88.8 Å². The number of piperazine rings is 1. The van der Waals surface area contributed by atoms with E-state index in [4.69, 9.17) is 4.74 Å². The molecule has 4 amide bonds. The fourth-order valence-corrected chi connectivity index (χ4v) is 4.09. The van der Waals surface area contributed by atoms with Crippen molar-refractivity contribution in [2.45, 2.75) is 24.9 Å². The zero-order valence-electron chi connectivity index (χ0n) is 18.8. The van der Waals surface area contributed by atoms with Crippen LogP contribution in [0.3, 0.4) is 0 Å². The number of piperidine rings is 1. The average Bonchev–Trinajstić information content (AvgIpc) is 2.89. The van der Waals surface area contributed by atoms with Crippen LogP contribution in [0.25, 0.3) is 0 Å². The zero-order valence-corrected chi connectivity index (χ0v) is 18.8. The Morgan fingerprint density at radius 3 is 2.59 bits per heavy atom. The highest BCUT2D eigenvalue weighted by Gasteiger charge is 2.39. The minimum Gasteiger partial charge on any atom is -0.497 e. The predicted octanol–water partition coefficient (Wildman–Crippen LogP) is -0.153. The smallest absolute Gasteiger partial charge is 0.274 e. The van der Waals surface area contributed by atoms with Gasteiger partial charge in [0.1, 0.15) is 23.5 Å². The number of benzene rings is 1. The number of amides is 4. The third kappa shape index (κ3) is 4.98. The Labute approximate surface area is 196 Å². The molecule has 2 aliphatic heterocycles. The molecule has 2 N–H and O–H groups in total. The van der Waals surface area contributed by atoms with E-state index in [9.17, 15) is 19.2 Å². The fourth-order valence-electron chi connectivity index (χ4n) is 4.09. The number of nitrogens with zero attached hydrogens (tertiary/aromatic N) is 4. The van der Waals surface area contributed by atoms with E-state index in [2.05, 4.69) is 20.6 Å². The Morgan fingerprint density at radius 1 is 1.12 bits per heavy atom. The van der Waals surface area contributed by atoms with Gasteiger partial charge in [-0.25, -0.2) is 4.98 Å². The van der Waals surface area contributed by atoms with Gasteiger partial charge in [0.2, 0.25) is 11.8 Å². The number of carbonyl (C=O) groups is 4. The van der Waals surface area contributed by atoms with Gasteiger partial charge in [-0.3, -0.25) is 24.2 Å². The van der Waals surface area contributed by atoms with Crippen molar-refractivity contribution in [1.82, 2.24) is 30.4 Å². The third-order valence-corrected chi connectivity index (χ3v) is 5.95. The van der Waals surface area contributed by atoms with Crippen molar-refractivity contribution in [3.05, 3.63) is 54.1 Å². The fraction of sp³-hybridized carbons (Fsp3) is 0.391. The number of methoxy groups -OCH3 is 1. The Bertz CT molecular complexity index is 1060. The molecule has 0 radical (unpaired) electrons. The largest absolute Gasteiger partial charge is 0.497 e. The summed E-state index contributed by atoms with van der Waals surface area (Å²) in [7, 11) is 1.54. The molecule has 0 unspecified atom stereocenters. The minimum absolute atomic E-state index is 0.0168. The molecule has 1 aromatic heterocycles. The summed E-state index contributed by atoms with van der Waals surface area (Å²) in [5, 5.41) is 5.48. The summed E-state index contributed by atoms with van der Waals surface area (Å²) in [6, 6.07) is 5.02. The molecule has 2 atom stereocenters. The molecule has 2 fully saturated rings. The van der Waals surface area contributed by atoms with E-state index in [1.165, 1.54) is 28.4 Å². The van der Waals surface area contributed by atoms with Crippen molar-refractivity contribution in [3.63, 3.8) is 0 Å². The maximum Gasteiger partial charge on any atom is 0.274 e. The maximum atomic E-state index is 13.3. The van der Waals surface area contributed by atoms with Crippen molar-refractivity contribution in [2.24, 2.45) is 0 Å². The molecule has 2 aromatic rings. The van der Waals surface area contributed by atoms with Crippen LogP contribution in [0.4, 0.5) is 0 Å². The second kappa shape index (κ2) is 10.3. The van der Waals surface area contributed by atoms with Gasteiger partial charge in [-0.1, -0.05) is 0 Å². The number of carbonyl (C=O) groups excluding carboxylic acids is 4. The molecule has 0 saturated carbocycles. The molecule has 1 aromatic carbocycles. The Hall–Kier alpha value is -4.02. The molecular formula is C23H26N6O5. The first-order chi connectivity index (χ1) is 16.5.